The highest BCUT2D eigenvalue weighted by Gasteiger charge is 2.25. The van der Waals surface area contributed by atoms with Gasteiger partial charge in [0.15, 0.2) is 6.54 Å². The Morgan fingerprint density at radius 2 is 2.04 bits per heavy atom. The van der Waals surface area contributed by atoms with Crippen LogP contribution in [0.15, 0.2) is 18.2 Å². The van der Waals surface area contributed by atoms with Gasteiger partial charge in [-0.2, -0.15) is 0 Å². The summed E-state index contributed by atoms with van der Waals surface area (Å²) in [5, 5.41) is 2.71. The average molecular weight is 324 g/mol. The Morgan fingerprint density at radius 3 is 2.65 bits per heavy atom. The van der Waals surface area contributed by atoms with Gasteiger partial charge in [-0.3, -0.25) is 9.69 Å². The van der Waals surface area contributed by atoms with E-state index in [9.17, 15) is 14.0 Å². The maximum Gasteiger partial charge on any atom is 0.410 e. The molecule has 6 nitrogen and oxygen atoms in total. The topological polar surface area (TPSA) is 63.1 Å². The number of hydrogen-bond acceptors (Lipinski definition) is 3. The molecule has 0 atom stereocenters. The molecule has 23 heavy (non-hydrogen) atoms. The Hall–Kier alpha value is -2.15. The van der Waals surface area contributed by atoms with Crippen LogP contribution in [-0.4, -0.2) is 56.2 Å². The van der Waals surface area contributed by atoms with E-state index < -0.39 is 0 Å². The van der Waals surface area contributed by atoms with Crippen LogP contribution in [0.2, 0.25) is 0 Å². The van der Waals surface area contributed by atoms with E-state index in [0.717, 1.165) is 4.90 Å². The number of hydrogen-bond donors (Lipinski definition) is 2. The molecular weight excluding hydrogens is 301 g/mol. The molecule has 1 aliphatic heterocycles. The van der Waals surface area contributed by atoms with Crippen LogP contribution in [0.25, 0.3) is 0 Å². The zero-order chi connectivity index (χ0) is 16.8. The molecule has 2 amide bonds. The van der Waals surface area contributed by atoms with Crippen molar-refractivity contribution in [3.8, 4) is 0 Å². The van der Waals surface area contributed by atoms with Crippen molar-refractivity contribution in [2.75, 3.05) is 44.6 Å². The Morgan fingerprint density at radius 1 is 1.35 bits per heavy atom. The van der Waals surface area contributed by atoms with Crippen LogP contribution in [0.4, 0.5) is 14.9 Å². The van der Waals surface area contributed by atoms with Gasteiger partial charge in [0, 0.05) is 5.69 Å². The SMILES string of the molecule is CCOC(=O)N1CC[NH+](CC(=O)Nc2ccc(C)c(F)c2)CC1. The molecule has 1 saturated heterocycles. The van der Waals surface area contributed by atoms with Crippen molar-refractivity contribution in [3.05, 3.63) is 29.6 Å². The summed E-state index contributed by atoms with van der Waals surface area (Å²) in [6, 6.07) is 4.64. The highest BCUT2D eigenvalue weighted by atomic mass is 19.1. The standard InChI is InChI=1S/C16H22FN3O3/c1-3-23-16(22)20-8-6-19(7-9-20)11-15(21)18-13-5-4-12(2)14(17)10-13/h4-5,10H,3,6-9,11H2,1-2H3,(H,18,21)/p+1. The molecule has 0 aliphatic carbocycles. The van der Waals surface area contributed by atoms with Crippen LogP contribution in [-0.2, 0) is 9.53 Å². The number of ether oxygens (including phenoxy) is 1. The predicted octanol–water partition coefficient (Wildman–Crippen LogP) is 0.430. The van der Waals surface area contributed by atoms with Gasteiger partial charge in [-0.05, 0) is 31.5 Å². The van der Waals surface area contributed by atoms with Gasteiger partial charge in [0.2, 0.25) is 0 Å². The Balaban J connectivity index is 1.78. The highest BCUT2D eigenvalue weighted by Crippen LogP contribution is 2.13. The fourth-order valence-corrected chi connectivity index (χ4v) is 2.50. The lowest BCUT2D eigenvalue weighted by Crippen LogP contribution is -3.15. The fourth-order valence-electron chi connectivity index (χ4n) is 2.50. The van der Waals surface area contributed by atoms with Gasteiger partial charge in [0.25, 0.3) is 5.91 Å². The number of benzene rings is 1. The van der Waals surface area contributed by atoms with Crippen molar-refractivity contribution in [1.82, 2.24) is 4.90 Å². The quantitative estimate of drug-likeness (QED) is 0.844. The number of nitrogens with zero attached hydrogens (tertiary/aromatic N) is 1. The molecule has 0 radical (unpaired) electrons. The molecule has 1 heterocycles. The Kier molecular flexibility index (Phi) is 5.92. The van der Waals surface area contributed by atoms with Crippen molar-refractivity contribution < 1.29 is 23.6 Å². The summed E-state index contributed by atoms with van der Waals surface area (Å²) >= 11 is 0. The monoisotopic (exact) mass is 324 g/mol. The number of halogens is 1. The molecule has 126 valence electrons. The molecule has 1 aromatic carbocycles. The van der Waals surface area contributed by atoms with Crippen LogP contribution >= 0.6 is 0 Å². The van der Waals surface area contributed by atoms with Crippen LogP contribution in [0.3, 0.4) is 0 Å². The third-order valence-corrected chi connectivity index (χ3v) is 3.86. The summed E-state index contributed by atoms with van der Waals surface area (Å²) in [5.41, 5.74) is 1.01. The summed E-state index contributed by atoms with van der Waals surface area (Å²) in [6.45, 7) is 6.63. The molecule has 1 fully saturated rings. The van der Waals surface area contributed by atoms with E-state index >= 15 is 0 Å². The van der Waals surface area contributed by atoms with Gasteiger partial charge >= 0.3 is 6.09 Å². The van der Waals surface area contributed by atoms with E-state index in [1.165, 1.54) is 6.07 Å². The number of nitrogens with one attached hydrogen (secondary N) is 2. The molecule has 1 aliphatic rings. The normalized spacial score (nSPS) is 15.3. The highest BCUT2D eigenvalue weighted by molar-refractivity contribution is 5.91. The number of quaternary nitrogens is 1. The van der Waals surface area contributed by atoms with E-state index in [-0.39, 0.29) is 17.8 Å². The number of piperazine rings is 1. The van der Waals surface area contributed by atoms with Crippen LogP contribution < -0.4 is 10.2 Å². The molecule has 7 heteroatoms. The van der Waals surface area contributed by atoms with Gasteiger partial charge in [-0.1, -0.05) is 6.07 Å². The maximum absolute atomic E-state index is 13.5. The lowest BCUT2D eigenvalue weighted by Gasteiger charge is -2.31. The van der Waals surface area contributed by atoms with Crippen molar-refractivity contribution in [3.63, 3.8) is 0 Å². The number of amides is 2. The molecule has 2 N–H and O–H groups in total. The lowest BCUT2D eigenvalue weighted by molar-refractivity contribution is -0.895. The second-order valence-corrected chi connectivity index (χ2v) is 5.62. The number of aryl methyl sites for hydroxylation is 1. The summed E-state index contributed by atoms with van der Waals surface area (Å²) in [4.78, 5) is 26.4. The van der Waals surface area contributed by atoms with Gasteiger partial charge in [0.1, 0.15) is 5.82 Å². The maximum atomic E-state index is 13.5. The third-order valence-electron chi connectivity index (χ3n) is 3.86. The molecule has 0 saturated carbocycles. The Bertz CT molecular complexity index is 572. The van der Waals surface area contributed by atoms with Crippen LogP contribution in [0.5, 0.6) is 0 Å². The van der Waals surface area contributed by atoms with Crippen LogP contribution in [0.1, 0.15) is 12.5 Å². The van der Waals surface area contributed by atoms with Gasteiger partial charge in [0.05, 0.1) is 32.8 Å². The molecule has 2 rings (SSSR count). The van der Waals surface area contributed by atoms with Crippen molar-refractivity contribution in [1.29, 1.82) is 0 Å². The summed E-state index contributed by atoms with van der Waals surface area (Å²) in [7, 11) is 0. The number of carbonyl (C=O) groups is 2. The first kappa shape index (κ1) is 17.2. The summed E-state index contributed by atoms with van der Waals surface area (Å²) in [6.07, 6.45) is -0.300. The molecule has 0 bridgehead atoms. The van der Waals surface area contributed by atoms with Crippen molar-refractivity contribution in [2.24, 2.45) is 0 Å². The zero-order valence-corrected chi connectivity index (χ0v) is 13.5. The number of anilines is 1. The minimum Gasteiger partial charge on any atom is -0.450 e. The summed E-state index contributed by atoms with van der Waals surface area (Å²) in [5.74, 6) is -0.494. The average Bonchev–Trinajstić information content (AvgIpc) is 2.52. The predicted molar refractivity (Wildman–Crippen MR) is 83.9 cm³/mol. The fraction of sp³-hybridized carbons (Fsp3) is 0.500. The van der Waals surface area contributed by atoms with E-state index in [1.807, 2.05) is 0 Å². The zero-order valence-electron chi connectivity index (χ0n) is 13.5. The second kappa shape index (κ2) is 7.92. The van der Waals surface area contributed by atoms with Crippen molar-refractivity contribution in [2.45, 2.75) is 13.8 Å². The van der Waals surface area contributed by atoms with E-state index in [2.05, 4.69) is 5.32 Å². The van der Waals surface area contributed by atoms with Gasteiger partial charge < -0.3 is 15.0 Å². The minimum atomic E-state index is -0.335. The van der Waals surface area contributed by atoms with E-state index in [0.29, 0.717) is 50.6 Å². The first-order chi connectivity index (χ1) is 11.0. The summed E-state index contributed by atoms with van der Waals surface area (Å²) < 4.78 is 18.4. The van der Waals surface area contributed by atoms with E-state index in [1.54, 1.807) is 30.9 Å². The molecule has 0 spiro atoms. The van der Waals surface area contributed by atoms with Crippen LogP contribution in [0, 0.1) is 12.7 Å². The second-order valence-electron chi connectivity index (χ2n) is 5.62. The first-order valence-electron chi connectivity index (χ1n) is 7.81. The molecule has 0 aromatic heterocycles. The molecular formula is C16H23FN3O3+. The van der Waals surface area contributed by atoms with E-state index in [4.69, 9.17) is 4.74 Å². The largest absolute Gasteiger partial charge is 0.450 e. The molecule has 0 unspecified atom stereocenters. The molecule has 1 aromatic rings. The number of rotatable bonds is 4. The van der Waals surface area contributed by atoms with Gasteiger partial charge in [-0.15, -0.1) is 0 Å². The minimum absolute atomic E-state index is 0.159. The van der Waals surface area contributed by atoms with Crippen molar-refractivity contribution >= 4 is 17.7 Å². The Labute approximate surface area is 135 Å². The van der Waals surface area contributed by atoms with Gasteiger partial charge in [-0.25, -0.2) is 9.18 Å². The number of carbonyl (C=O) groups excluding carboxylic acids is 2. The first-order valence-corrected chi connectivity index (χ1v) is 7.81. The smallest absolute Gasteiger partial charge is 0.410 e. The lowest BCUT2D eigenvalue weighted by atomic mass is 10.2. The third kappa shape index (κ3) is 4.92.